The van der Waals surface area contributed by atoms with E-state index in [0.29, 0.717) is 0 Å². The molecule has 0 aliphatic heterocycles. The largest absolute Gasteiger partial charge is 0.238 e. The summed E-state index contributed by atoms with van der Waals surface area (Å²) >= 11 is 0. The summed E-state index contributed by atoms with van der Waals surface area (Å²) in [6.45, 7) is 0. The topological polar surface area (TPSA) is 0 Å². The second kappa shape index (κ2) is 10.7. The zero-order valence-electron chi connectivity index (χ0n) is 9.03. The van der Waals surface area contributed by atoms with Crippen molar-refractivity contribution in [3.05, 3.63) is 0 Å². The summed E-state index contributed by atoms with van der Waals surface area (Å²) in [5.74, 6) is 0. The van der Waals surface area contributed by atoms with Gasteiger partial charge in [0, 0.05) is 31.9 Å². The number of hydrogen-bond donors (Lipinski definition) is 0. The molecule has 0 spiro atoms. The minimum Gasteiger partial charge on any atom is -0.211 e. The summed E-state index contributed by atoms with van der Waals surface area (Å²) < 4.78 is 47.0. The van der Waals surface area contributed by atoms with Crippen LogP contribution in [0.15, 0.2) is 0 Å². The number of rotatable bonds is 10. The Balaban J connectivity index is 2.93. The molecule has 0 atom stereocenters. The Hall–Kier alpha value is 0.154. The van der Waals surface area contributed by atoms with E-state index in [1.165, 1.54) is 0 Å². The third kappa shape index (κ3) is 14.2. The molecule has 0 rings (SSSR count). The summed E-state index contributed by atoms with van der Waals surface area (Å²) in [6, 6.07) is 3.70. The van der Waals surface area contributed by atoms with Gasteiger partial charge in [-0.25, -0.2) is 17.6 Å². The maximum absolute atomic E-state index is 11.7. The van der Waals surface area contributed by atoms with E-state index in [1.54, 1.807) is 0 Å². The zero-order chi connectivity index (χ0) is 11.5. The average molecular weight is 260 g/mol. The van der Waals surface area contributed by atoms with Crippen LogP contribution in [0.5, 0.6) is 0 Å². The van der Waals surface area contributed by atoms with E-state index in [1.807, 2.05) is 0 Å². The van der Waals surface area contributed by atoms with Gasteiger partial charge in [0.05, 0.1) is 0 Å². The molecule has 0 N–H and O–H groups in total. The summed E-state index contributed by atoms with van der Waals surface area (Å²) in [6.07, 6.45) is -3.05. The van der Waals surface area contributed by atoms with Gasteiger partial charge in [0.25, 0.3) is 0 Å². The van der Waals surface area contributed by atoms with Crippen molar-refractivity contribution in [1.82, 2.24) is 0 Å². The summed E-state index contributed by atoms with van der Waals surface area (Å²) in [5, 5.41) is 0. The second-order valence-electron chi connectivity index (χ2n) is 3.83. The smallest absolute Gasteiger partial charge is 0.211 e. The van der Waals surface area contributed by atoms with Crippen molar-refractivity contribution in [2.45, 2.75) is 56.3 Å². The van der Waals surface area contributed by atoms with E-state index in [4.69, 9.17) is 0 Å². The first-order chi connectivity index (χ1) is 7.13. The van der Waals surface area contributed by atoms with Gasteiger partial charge >= 0.3 is 0 Å². The summed E-state index contributed by atoms with van der Waals surface area (Å²) in [4.78, 5) is 0. The van der Waals surface area contributed by atoms with E-state index in [-0.39, 0.29) is 31.9 Å². The number of hydrogen-bond acceptors (Lipinski definition) is 0. The fraction of sp³-hybridized carbons (Fsp3) is 1.00. The second-order valence-corrected chi connectivity index (χ2v) is 8.08. The lowest BCUT2D eigenvalue weighted by atomic mass is 10.5. The van der Waals surface area contributed by atoms with Crippen LogP contribution in [0.2, 0.25) is 24.2 Å². The van der Waals surface area contributed by atoms with Crippen molar-refractivity contribution in [2.75, 3.05) is 0 Å². The van der Waals surface area contributed by atoms with Gasteiger partial charge in [-0.3, -0.25) is 0 Å². The first kappa shape index (κ1) is 15.2. The minimum absolute atomic E-state index is 0.0645. The highest BCUT2D eigenvalue weighted by Gasteiger charge is 2.02. The highest BCUT2D eigenvalue weighted by Crippen LogP contribution is 2.08. The molecule has 6 heteroatoms. The Kier molecular flexibility index (Phi) is 10.8. The molecule has 0 aliphatic carbocycles. The van der Waals surface area contributed by atoms with Crippen molar-refractivity contribution in [1.29, 1.82) is 0 Å². The average Bonchev–Trinajstić information content (AvgIpc) is 2.14. The van der Waals surface area contributed by atoms with Crippen LogP contribution in [0.1, 0.15) is 19.3 Å². The van der Waals surface area contributed by atoms with Gasteiger partial charge in [0.15, 0.2) is 0 Å². The molecule has 0 fully saturated rings. The molecule has 0 aromatic heterocycles. The van der Waals surface area contributed by atoms with E-state index < -0.39 is 12.9 Å². The predicted molar refractivity (Wildman–Crippen MR) is 62.2 cm³/mol. The van der Waals surface area contributed by atoms with Crippen LogP contribution >= 0.6 is 0 Å². The molecule has 0 unspecified atom stereocenters. The van der Waals surface area contributed by atoms with E-state index >= 15 is 0 Å². The first-order valence-electron chi connectivity index (χ1n) is 5.69. The normalized spacial score (nSPS) is 13.2. The highest BCUT2D eigenvalue weighted by atomic mass is 28.2. The first-order valence-corrected chi connectivity index (χ1v) is 9.69. The fourth-order valence-corrected chi connectivity index (χ4v) is 5.50. The molecule has 0 saturated heterocycles. The van der Waals surface area contributed by atoms with Crippen molar-refractivity contribution < 1.29 is 17.6 Å². The Morgan fingerprint density at radius 1 is 0.667 bits per heavy atom. The molecule has 0 aromatic carbocycles. The lowest BCUT2D eigenvalue weighted by Gasteiger charge is -2.01. The van der Waals surface area contributed by atoms with Crippen molar-refractivity contribution >= 4 is 19.0 Å². The van der Waals surface area contributed by atoms with Crippen LogP contribution in [0, 0.1) is 0 Å². The van der Waals surface area contributed by atoms with Gasteiger partial charge in [-0.1, -0.05) is 30.6 Å². The van der Waals surface area contributed by atoms with Crippen LogP contribution in [-0.2, 0) is 0 Å². The zero-order valence-corrected chi connectivity index (χ0v) is 11.9. The molecule has 0 amide bonds. The molecule has 0 saturated carbocycles. The monoisotopic (exact) mass is 260 g/mol. The minimum atomic E-state index is -2.14. The van der Waals surface area contributed by atoms with Gasteiger partial charge in [0.1, 0.15) is 0 Å². The maximum Gasteiger partial charge on any atom is 0.238 e. The Morgan fingerprint density at radius 3 is 1.40 bits per heavy atom. The lowest BCUT2D eigenvalue weighted by molar-refractivity contribution is 0.143. The van der Waals surface area contributed by atoms with Crippen LogP contribution in [0.25, 0.3) is 0 Å². The van der Waals surface area contributed by atoms with Crippen LogP contribution in [-0.4, -0.2) is 31.9 Å². The van der Waals surface area contributed by atoms with Gasteiger partial charge < -0.3 is 0 Å². The highest BCUT2D eigenvalue weighted by molar-refractivity contribution is 6.37. The van der Waals surface area contributed by atoms with Gasteiger partial charge in [0.2, 0.25) is 12.9 Å². The van der Waals surface area contributed by atoms with Gasteiger partial charge in [-0.05, 0) is 0 Å². The quantitative estimate of drug-likeness (QED) is 0.322. The van der Waals surface area contributed by atoms with Crippen molar-refractivity contribution in [2.24, 2.45) is 0 Å². The molecular weight excluding hydrogens is 240 g/mol. The Morgan fingerprint density at radius 2 is 1.07 bits per heavy atom. The number of alkyl halides is 4. The van der Waals surface area contributed by atoms with Gasteiger partial charge in [-0.2, -0.15) is 0 Å². The van der Waals surface area contributed by atoms with E-state index in [9.17, 15) is 17.6 Å². The third-order valence-electron chi connectivity index (χ3n) is 2.34. The van der Waals surface area contributed by atoms with Crippen molar-refractivity contribution in [3.63, 3.8) is 0 Å². The maximum atomic E-state index is 11.7. The molecule has 0 radical (unpaired) electrons. The van der Waals surface area contributed by atoms with Gasteiger partial charge in [-0.15, -0.1) is 0 Å². The molecule has 0 bridgehead atoms. The summed E-state index contributed by atoms with van der Waals surface area (Å²) in [7, 11) is -0.575. The van der Waals surface area contributed by atoms with E-state index in [0.717, 1.165) is 30.6 Å². The molecular formula is C9H20F4Si2. The fourth-order valence-electron chi connectivity index (χ4n) is 1.48. The lowest BCUT2D eigenvalue weighted by Crippen LogP contribution is -1.98. The molecule has 0 aromatic rings. The molecule has 15 heavy (non-hydrogen) atoms. The number of halogens is 4. The Labute approximate surface area is 93.5 Å². The SMILES string of the molecule is FC(F)CC[SiH2]CCC[SiH2]CCC(F)F. The van der Waals surface area contributed by atoms with Crippen LogP contribution < -0.4 is 0 Å². The molecule has 0 heterocycles. The Bertz CT molecular complexity index is 119. The standard InChI is InChI=1S/C9H20F4Si2/c10-8(11)2-6-14-4-1-5-15-7-3-9(12)13/h8-9H,1-7,14-15H2. The molecule has 0 aliphatic rings. The van der Waals surface area contributed by atoms with Crippen LogP contribution in [0.4, 0.5) is 17.6 Å². The molecule has 0 nitrogen and oxygen atoms in total. The summed E-state index contributed by atoms with van der Waals surface area (Å²) in [5.41, 5.74) is 0. The van der Waals surface area contributed by atoms with E-state index in [2.05, 4.69) is 0 Å². The van der Waals surface area contributed by atoms with Crippen molar-refractivity contribution in [3.8, 4) is 0 Å². The third-order valence-corrected chi connectivity index (χ3v) is 6.16. The molecule has 92 valence electrons. The van der Waals surface area contributed by atoms with Crippen LogP contribution in [0.3, 0.4) is 0 Å². The predicted octanol–water partition coefficient (Wildman–Crippen LogP) is 2.70.